The highest BCUT2D eigenvalue weighted by molar-refractivity contribution is 9.10. The number of carbonyl (C=O) groups is 1. The summed E-state index contributed by atoms with van der Waals surface area (Å²) in [5, 5.41) is 2.51. The van der Waals surface area contributed by atoms with Crippen molar-refractivity contribution in [2.45, 2.75) is 0 Å². The molecule has 0 heterocycles. The average molecular weight is 362 g/mol. The number of nitrogens with two attached hydrogens (primary N) is 1. The summed E-state index contributed by atoms with van der Waals surface area (Å²) in [4.78, 5) is 12.0. The van der Waals surface area contributed by atoms with Crippen LogP contribution in [-0.4, -0.2) is 5.91 Å². The molecule has 0 unspecified atom stereocenters. The lowest BCUT2D eigenvalue weighted by Crippen LogP contribution is -2.14. The molecular formula is C13H8BrClF2N2O. The molecule has 0 atom stereocenters. The minimum absolute atomic E-state index is 0.156. The maximum absolute atomic E-state index is 13.5. The molecule has 0 aliphatic heterocycles. The molecule has 0 radical (unpaired) electrons. The number of anilines is 2. The van der Waals surface area contributed by atoms with Gasteiger partial charge in [0.15, 0.2) is 0 Å². The van der Waals surface area contributed by atoms with E-state index in [1.165, 1.54) is 12.1 Å². The predicted molar refractivity (Wildman–Crippen MR) is 77.9 cm³/mol. The second-order valence-corrected chi connectivity index (χ2v) is 5.25. The molecule has 2 rings (SSSR count). The Labute approximate surface area is 126 Å². The Morgan fingerprint density at radius 3 is 2.60 bits per heavy atom. The van der Waals surface area contributed by atoms with E-state index in [-0.39, 0.29) is 22.0 Å². The third-order valence-corrected chi connectivity index (χ3v) is 3.33. The molecule has 0 aromatic heterocycles. The van der Waals surface area contributed by atoms with Crippen LogP contribution in [0.15, 0.2) is 34.8 Å². The minimum atomic E-state index is -0.920. The van der Waals surface area contributed by atoms with Crippen molar-refractivity contribution >= 4 is 44.8 Å². The van der Waals surface area contributed by atoms with Gasteiger partial charge in [-0.05, 0) is 24.3 Å². The number of rotatable bonds is 2. The Morgan fingerprint density at radius 2 is 1.90 bits per heavy atom. The lowest BCUT2D eigenvalue weighted by molar-refractivity contribution is 0.102. The molecule has 3 N–H and O–H groups in total. The Kier molecular flexibility index (Phi) is 4.25. The van der Waals surface area contributed by atoms with Crippen molar-refractivity contribution in [3.8, 4) is 0 Å². The third kappa shape index (κ3) is 3.08. The van der Waals surface area contributed by atoms with E-state index in [0.29, 0.717) is 10.5 Å². The molecule has 0 saturated heterocycles. The Balaban J connectivity index is 2.32. The van der Waals surface area contributed by atoms with Gasteiger partial charge in [0.2, 0.25) is 0 Å². The molecule has 1 amide bonds. The van der Waals surface area contributed by atoms with Gasteiger partial charge in [-0.3, -0.25) is 4.79 Å². The fourth-order valence-corrected chi connectivity index (χ4v) is 2.09. The van der Waals surface area contributed by atoms with Crippen LogP contribution in [-0.2, 0) is 0 Å². The van der Waals surface area contributed by atoms with E-state index in [2.05, 4.69) is 21.2 Å². The van der Waals surface area contributed by atoms with Crippen LogP contribution in [0.25, 0.3) is 0 Å². The SMILES string of the molecule is Nc1cc(NC(=O)c2cc(Br)ccc2Cl)c(F)cc1F. The molecule has 7 heteroatoms. The van der Waals surface area contributed by atoms with Crippen molar-refractivity contribution in [2.75, 3.05) is 11.1 Å². The monoisotopic (exact) mass is 360 g/mol. The largest absolute Gasteiger partial charge is 0.396 e. The first-order valence-corrected chi connectivity index (χ1v) is 6.56. The first kappa shape index (κ1) is 14.7. The molecule has 20 heavy (non-hydrogen) atoms. The van der Waals surface area contributed by atoms with Crippen molar-refractivity contribution in [3.05, 3.63) is 57.0 Å². The maximum Gasteiger partial charge on any atom is 0.257 e. The first-order valence-electron chi connectivity index (χ1n) is 5.39. The molecule has 2 aromatic carbocycles. The Hall–Kier alpha value is -1.66. The summed E-state index contributed by atoms with van der Waals surface area (Å²) >= 11 is 9.10. The van der Waals surface area contributed by atoms with E-state index >= 15 is 0 Å². The summed E-state index contributed by atoms with van der Waals surface area (Å²) in [5.41, 5.74) is 5.01. The van der Waals surface area contributed by atoms with E-state index in [1.54, 1.807) is 6.07 Å². The van der Waals surface area contributed by atoms with Crippen LogP contribution >= 0.6 is 27.5 Å². The molecule has 0 bridgehead atoms. The lowest BCUT2D eigenvalue weighted by atomic mass is 10.2. The van der Waals surface area contributed by atoms with Gasteiger partial charge in [-0.2, -0.15) is 0 Å². The summed E-state index contributed by atoms with van der Waals surface area (Å²) in [5.74, 6) is -2.43. The molecule has 2 aromatic rings. The van der Waals surface area contributed by atoms with Crippen LogP contribution in [0.5, 0.6) is 0 Å². The highest BCUT2D eigenvalue weighted by Crippen LogP contribution is 2.25. The predicted octanol–water partition coefficient (Wildman–Crippen LogP) is 4.22. The number of hydrogen-bond donors (Lipinski definition) is 2. The molecule has 3 nitrogen and oxygen atoms in total. The molecule has 0 spiro atoms. The Bertz CT molecular complexity index is 694. The quantitative estimate of drug-likeness (QED) is 0.787. The number of hydrogen-bond acceptors (Lipinski definition) is 2. The van der Waals surface area contributed by atoms with E-state index in [9.17, 15) is 13.6 Å². The smallest absolute Gasteiger partial charge is 0.257 e. The number of benzene rings is 2. The van der Waals surface area contributed by atoms with Gasteiger partial charge < -0.3 is 11.1 Å². The van der Waals surface area contributed by atoms with Crippen LogP contribution in [0, 0.1) is 11.6 Å². The van der Waals surface area contributed by atoms with Crippen LogP contribution in [0.2, 0.25) is 5.02 Å². The van der Waals surface area contributed by atoms with E-state index in [0.717, 1.165) is 6.07 Å². The summed E-state index contributed by atoms with van der Waals surface area (Å²) in [6, 6.07) is 6.29. The van der Waals surface area contributed by atoms with E-state index in [4.69, 9.17) is 17.3 Å². The first-order chi connectivity index (χ1) is 9.38. The van der Waals surface area contributed by atoms with Crippen molar-refractivity contribution < 1.29 is 13.6 Å². The number of nitrogens with one attached hydrogen (secondary N) is 1. The second-order valence-electron chi connectivity index (χ2n) is 3.93. The van der Waals surface area contributed by atoms with Gasteiger partial charge in [0.05, 0.1) is 22.0 Å². The third-order valence-electron chi connectivity index (χ3n) is 2.51. The second kappa shape index (κ2) is 5.76. The van der Waals surface area contributed by atoms with Crippen molar-refractivity contribution in [1.29, 1.82) is 0 Å². The van der Waals surface area contributed by atoms with Crippen LogP contribution in [0.3, 0.4) is 0 Å². The van der Waals surface area contributed by atoms with Gasteiger partial charge in [-0.1, -0.05) is 27.5 Å². The van der Waals surface area contributed by atoms with Gasteiger partial charge in [0.25, 0.3) is 5.91 Å². The van der Waals surface area contributed by atoms with Crippen molar-refractivity contribution in [1.82, 2.24) is 0 Å². The van der Waals surface area contributed by atoms with E-state index < -0.39 is 17.5 Å². The number of carbonyl (C=O) groups excluding carboxylic acids is 1. The topological polar surface area (TPSA) is 55.1 Å². The standard InChI is InChI=1S/C13H8BrClF2N2O/c14-6-1-2-8(15)7(3-6)13(20)19-12-5-11(18)9(16)4-10(12)17/h1-5H,18H2,(H,19,20). The van der Waals surface area contributed by atoms with Gasteiger partial charge in [-0.25, -0.2) is 8.78 Å². The van der Waals surface area contributed by atoms with Gasteiger partial charge in [0, 0.05) is 10.5 Å². The highest BCUT2D eigenvalue weighted by Gasteiger charge is 2.15. The zero-order chi connectivity index (χ0) is 14.9. The van der Waals surface area contributed by atoms with Gasteiger partial charge >= 0.3 is 0 Å². The summed E-state index contributed by atoms with van der Waals surface area (Å²) < 4.78 is 27.2. The van der Waals surface area contributed by atoms with Crippen LogP contribution in [0.1, 0.15) is 10.4 Å². The summed E-state index contributed by atoms with van der Waals surface area (Å²) in [7, 11) is 0. The van der Waals surface area contributed by atoms with Crippen molar-refractivity contribution in [3.63, 3.8) is 0 Å². The molecule has 0 fully saturated rings. The maximum atomic E-state index is 13.5. The number of halogens is 4. The van der Waals surface area contributed by atoms with Crippen molar-refractivity contribution in [2.24, 2.45) is 0 Å². The normalized spacial score (nSPS) is 10.4. The molecule has 104 valence electrons. The summed E-state index contributed by atoms with van der Waals surface area (Å²) in [6.07, 6.45) is 0. The fourth-order valence-electron chi connectivity index (χ4n) is 1.52. The average Bonchev–Trinajstić information content (AvgIpc) is 2.38. The molecule has 0 aliphatic rings. The van der Waals surface area contributed by atoms with Crippen LogP contribution < -0.4 is 11.1 Å². The van der Waals surface area contributed by atoms with E-state index in [1.807, 2.05) is 0 Å². The van der Waals surface area contributed by atoms with Gasteiger partial charge in [-0.15, -0.1) is 0 Å². The minimum Gasteiger partial charge on any atom is -0.396 e. The molecule has 0 saturated carbocycles. The highest BCUT2D eigenvalue weighted by atomic mass is 79.9. The number of amides is 1. The van der Waals surface area contributed by atoms with Gasteiger partial charge in [0.1, 0.15) is 11.6 Å². The Morgan fingerprint density at radius 1 is 1.20 bits per heavy atom. The zero-order valence-electron chi connectivity index (χ0n) is 9.88. The molecular weight excluding hydrogens is 354 g/mol. The summed E-state index contributed by atoms with van der Waals surface area (Å²) in [6.45, 7) is 0. The van der Waals surface area contributed by atoms with Crippen LogP contribution in [0.4, 0.5) is 20.2 Å². The lowest BCUT2D eigenvalue weighted by Gasteiger charge is -2.09. The fraction of sp³-hybridized carbons (Fsp3) is 0. The number of nitrogen functional groups attached to an aromatic ring is 1. The zero-order valence-corrected chi connectivity index (χ0v) is 12.2. The molecule has 0 aliphatic carbocycles.